The second-order valence-corrected chi connectivity index (χ2v) is 4.58. The van der Waals surface area contributed by atoms with Gasteiger partial charge in [-0.05, 0) is 52.8 Å². The number of aryl methyl sites for hydroxylation is 1. The van der Waals surface area contributed by atoms with Gasteiger partial charge >= 0.3 is 6.09 Å². The highest BCUT2D eigenvalue weighted by atomic mass is 127. The smallest absolute Gasteiger partial charge is 0.333 e. The van der Waals surface area contributed by atoms with Gasteiger partial charge in [0.2, 0.25) is 0 Å². The highest BCUT2D eigenvalue weighted by molar-refractivity contribution is 14.1. The molecular weight excluding hydrogens is 389 g/mol. The van der Waals surface area contributed by atoms with Crippen LogP contribution >= 0.6 is 38.5 Å². The molecule has 6 heteroatoms. The Bertz CT molecular complexity index is 347. The lowest BCUT2D eigenvalue weighted by atomic mass is 10.1. The molecule has 0 aliphatic carbocycles. The number of nitrogens with two attached hydrogens (primary N) is 1. The Labute approximate surface area is 117 Å². The normalized spacial score (nSPS) is 9.00. The second kappa shape index (κ2) is 8.77. The Morgan fingerprint density at radius 3 is 2.50 bits per heavy atom. The van der Waals surface area contributed by atoms with E-state index < -0.39 is 6.09 Å². The van der Waals surface area contributed by atoms with E-state index in [1.807, 2.05) is 0 Å². The van der Waals surface area contributed by atoms with Gasteiger partial charge in [-0.1, -0.05) is 22.0 Å². The molecule has 1 rings (SSSR count). The van der Waals surface area contributed by atoms with E-state index in [9.17, 15) is 4.79 Å². The standard InChI is InChI=1S/C8H8BrI.C2H5NO3/c1-6-2-3-8(10)4-7(6)5-9;1-5-6-2(3)4/h2-4H,5H2,1H3;1H3,(H2,3,4). The maximum atomic E-state index is 9.47. The Kier molecular flexibility index (Phi) is 8.58. The average Bonchev–Trinajstić information content (AvgIpc) is 2.22. The van der Waals surface area contributed by atoms with Crippen molar-refractivity contribution >= 4 is 44.6 Å². The minimum absolute atomic E-state index is 0.933. The van der Waals surface area contributed by atoms with E-state index in [1.165, 1.54) is 21.8 Å². The molecule has 4 nitrogen and oxygen atoms in total. The van der Waals surface area contributed by atoms with Crippen LogP contribution in [0.3, 0.4) is 0 Å². The minimum Gasteiger partial charge on any atom is -0.333 e. The van der Waals surface area contributed by atoms with Crippen molar-refractivity contribution in [1.82, 2.24) is 0 Å². The molecule has 1 aromatic rings. The predicted octanol–water partition coefficient (Wildman–Crippen LogP) is 3.14. The Morgan fingerprint density at radius 2 is 2.19 bits per heavy atom. The van der Waals surface area contributed by atoms with Gasteiger partial charge in [0.15, 0.2) is 0 Å². The fraction of sp³-hybridized carbons (Fsp3) is 0.300. The summed E-state index contributed by atoms with van der Waals surface area (Å²) in [6.07, 6.45) is -0.933. The van der Waals surface area contributed by atoms with E-state index in [0.29, 0.717) is 0 Å². The van der Waals surface area contributed by atoms with Gasteiger partial charge in [0, 0.05) is 8.90 Å². The molecular formula is C10H13BrINO3. The van der Waals surface area contributed by atoms with E-state index in [4.69, 9.17) is 0 Å². The van der Waals surface area contributed by atoms with Crippen molar-refractivity contribution in [2.45, 2.75) is 12.3 Å². The number of carbonyl (C=O) groups is 1. The number of halogens is 2. The van der Waals surface area contributed by atoms with Gasteiger partial charge < -0.3 is 5.73 Å². The first kappa shape index (κ1) is 15.7. The molecule has 0 spiro atoms. The fourth-order valence-corrected chi connectivity index (χ4v) is 2.03. The zero-order chi connectivity index (χ0) is 12.6. The summed E-state index contributed by atoms with van der Waals surface area (Å²) in [6, 6.07) is 6.48. The maximum absolute atomic E-state index is 9.47. The Morgan fingerprint density at radius 1 is 1.56 bits per heavy atom. The first-order valence-corrected chi connectivity index (χ1v) is 6.52. The summed E-state index contributed by atoms with van der Waals surface area (Å²) < 4.78 is 1.30. The topological polar surface area (TPSA) is 61.6 Å². The van der Waals surface area contributed by atoms with Gasteiger partial charge in [0.25, 0.3) is 0 Å². The van der Waals surface area contributed by atoms with Crippen molar-refractivity contribution in [2.24, 2.45) is 5.73 Å². The zero-order valence-corrected chi connectivity index (χ0v) is 12.7. The van der Waals surface area contributed by atoms with Crippen molar-refractivity contribution in [3.8, 4) is 0 Å². The predicted molar refractivity (Wildman–Crippen MR) is 74.2 cm³/mol. The molecule has 1 amide bonds. The van der Waals surface area contributed by atoms with Crippen LogP contribution in [0.2, 0.25) is 0 Å². The fourth-order valence-electron chi connectivity index (χ4n) is 0.866. The molecule has 0 aliphatic rings. The molecule has 0 heterocycles. The van der Waals surface area contributed by atoms with Crippen LogP contribution < -0.4 is 5.73 Å². The van der Waals surface area contributed by atoms with Gasteiger partial charge in [-0.3, -0.25) is 4.89 Å². The van der Waals surface area contributed by atoms with Gasteiger partial charge in [-0.15, -0.1) is 0 Å². The van der Waals surface area contributed by atoms with Crippen LogP contribution in [0.5, 0.6) is 0 Å². The van der Waals surface area contributed by atoms with Crippen molar-refractivity contribution in [3.05, 3.63) is 32.9 Å². The number of alkyl halides is 1. The van der Waals surface area contributed by atoms with Crippen LogP contribution in [0.4, 0.5) is 4.79 Å². The number of hydrogen-bond acceptors (Lipinski definition) is 3. The third-order valence-electron chi connectivity index (χ3n) is 1.62. The third kappa shape index (κ3) is 7.02. The lowest BCUT2D eigenvalue weighted by Gasteiger charge is -2.00. The summed E-state index contributed by atoms with van der Waals surface area (Å²) >= 11 is 5.76. The number of rotatable bonds is 2. The van der Waals surface area contributed by atoms with E-state index in [-0.39, 0.29) is 0 Å². The van der Waals surface area contributed by atoms with Crippen molar-refractivity contribution in [3.63, 3.8) is 0 Å². The van der Waals surface area contributed by atoms with Gasteiger partial charge in [0.05, 0.1) is 7.11 Å². The number of hydrogen-bond donors (Lipinski definition) is 1. The summed E-state index contributed by atoms with van der Waals surface area (Å²) in [7, 11) is 1.20. The summed E-state index contributed by atoms with van der Waals surface area (Å²) in [5, 5.41) is 0.954. The molecule has 0 aliphatic heterocycles. The quantitative estimate of drug-likeness (QED) is 0.358. The Balaban J connectivity index is 0.000000325. The molecule has 0 saturated heterocycles. The first-order valence-electron chi connectivity index (χ1n) is 4.32. The maximum Gasteiger partial charge on any atom is 0.436 e. The molecule has 0 unspecified atom stereocenters. The zero-order valence-electron chi connectivity index (χ0n) is 9.00. The number of amides is 1. The van der Waals surface area contributed by atoms with Gasteiger partial charge in [0.1, 0.15) is 0 Å². The lowest BCUT2D eigenvalue weighted by molar-refractivity contribution is -0.210. The van der Waals surface area contributed by atoms with Crippen molar-refractivity contribution in [1.29, 1.82) is 0 Å². The molecule has 16 heavy (non-hydrogen) atoms. The van der Waals surface area contributed by atoms with Crippen LogP contribution in [-0.2, 0) is 15.1 Å². The minimum atomic E-state index is -0.933. The third-order valence-corrected chi connectivity index (χ3v) is 2.90. The van der Waals surface area contributed by atoms with E-state index >= 15 is 0 Å². The molecule has 0 fully saturated rings. The van der Waals surface area contributed by atoms with E-state index in [1.54, 1.807) is 0 Å². The van der Waals surface area contributed by atoms with E-state index in [0.717, 1.165) is 5.33 Å². The van der Waals surface area contributed by atoms with Crippen LogP contribution in [0, 0.1) is 10.5 Å². The molecule has 0 aromatic heterocycles. The molecule has 0 saturated carbocycles. The van der Waals surface area contributed by atoms with E-state index in [2.05, 4.69) is 79.2 Å². The van der Waals surface area contributed by atoms with Crippen LogP contribution in [0.25, 0.3) is 0 Å². The molecule has 2 N–H and O–H groups in total. The largest absolute Gasteiger partial charge is 0.436 e. The number of benzene rings is 1. The highest BCUT2D eigenvalue weighted by Crippen LogP contribution is 2.15. The van der Waals surface area contributed by atoms with Crippen LogP contribution in [0.1, 0.15) is 11.1 Å². The van der Waals surface area contributed by atoms with Crippen molar-refractivity contribution < 1.29 is 14.6 Å². The SMILES string of the molecule is COOC(N)=O.Cc1ccc(I)cc1CBr. The molecule has 0 bridgehead atoms. The average molecular weight is 402 g/mol. The lowest BCUT2D eigenvalue weighted by Crippen LogP contribution is -2.11. The first-order chi connectivity index (χ1) is 7.51. The van der Waals surface area contributed by atoms with Crippen LogP contribution in [-0.4, -0.2) is 13.2 Å². The number of carbonyl (C=O) groups excluding carboxylic acids is 1. The molecule has 1 aromatic carbocycles. The summed E-state index contributed by atoms with van der Waals surface area (Å²) in [5.74, 6) is 0. The molecule has 90 valence electrons. The van der Waals surface area contributed by atoms with Gasteiger partial charge in [-0.2, -0.15) is 4.89 Å². The van der Waals surface area contributed by atoms with Crippen molar-refractivity contribution in [2.75, 3.05) is 7.11 Å². The number of primary amides is 1. The summed E-state index contributed by atoms with van der Waals surface area (Å²) in [6.45, 7) is 2.13. The summed E-state index contributed by atoms with van der Waals surface area (Å²) in [5.41, 5.74) is 7.16. The highest BCUT2D eigenvalue weighted by Gasteiger charge is 1.95. The molecule has 0 atom stereocenters. The molecule has 0 radical (unpaired) electrons. The monoisotopic (exact) mass is 401 g/mol. The summed E-state index contributed by atoms with van der Waals surface area (Å²) in [4.78, 5) is 17.0. The second-order valence-electron chi connectivity index (χ2n) is 2.77. The Hall–Kier alpha value is -0.340. The van der Waals surface area contributed by atoms with Gasteiger partial charge in [-0.25, -0.2) is 4.79 Å². The van der Waals surface area contributed by atoms with Crippen LogP contribution in [0.15, 0.2) is 18.2 Å².